The van der Waals surface area contributed by atoms with Gasteiger partial charge in [0, 0.05) is 25.7 Å². The quantitative estimate of drug-likeness (QED) is 0.773. The fourth-order valence-electron chi connectivity index (χ4n) is 3.53. The monoisotopic (exact) mass is 427 g/mol. The molecule has 2 aliphatic rings. The predicted octanol–water partition coefficient (Wildman–Crippen LogP) is 3.38. The van der Waals surface area contributed by atoms with Crippen LogP contribution in [0.4, 0.5) is 13.2 Å². The Bertz CT molecular complexity index is 593. The molecule has 1 aromatic carbocycles. The van der Waals surface area contributed by atoms with Crippen LogP contribution in [0, 0.1) is 0 Å². The first-order valence-corrected chi connectivity index (χ1v) is 8.84. The molecule has 2 N–H and O–H groups in total. The van der Waals surface area contributed by atoms with Gasteiger partial charge in [0.2, 0.25) is 5.91 Å². The molecule has 9 heteroatoms. The molecule has 0 bridgehead atoms. The van der Waals surface area contributed by atoms with Crippen molar-refractivity contribution in [2.24, 2.45) is 0 Å². The number of likely N-dealkylation sites (tertiary alicyclic amines) is 1. The van der Waals surface area contributed by atoms with E-state index in [2.05, 4.69) is 15.5 Å². The topological polar surface area (TPSA) is 44.4 Å². The highest BCUT2D eigenvalue weighted by molar-refractivity contribution is 5.85. The first kappa shape index (κ1) is 24.0. The first-order valence-electron chi connectivity index (χ1n) is 8.84. The van der Waals surface area contributed by atoms with E-state index >= 15 is 0 Å². The lowest BCUT2D eigenvalue weighted by Gasteiger charge is -2.24. The van der Waals surface area contributed by atoms with E-state index in [4.69, 9.17) is 0 Å². The predicted molar refractivity (Wildman–Crippen MR) is 103 cm³/mol. The average molecular weight is 428 g/mol. The molecule has 0 aliphatic carbocycles. The number of hydrogen-bond donors (Lipinski definition) is 2. The summed E-state index contributed by atoms with van der Waals surface area (Å²) < 4.78 is 37.8. The molecule has 2 saturated heterocycles. The van der Waals surface area contributed by atoms with Gasteiger partial charge in [0.15, 0.2) is 0 Å². The standard InChI is InChI=1S/C18H24F3N3O.2ClH/c19-18(20,21)14-6-4-13(5-7-14)11-24-10-8-15(12-24)23-17(25)16-3-1-2-9-22-16;;/h4-7,15-16,22H,1-3,8-12H2,(H,23,25);2*1H/t15?,16-;;/m1../s1. The number of benzene rings is 1. The normalized spacial score (nSPS) is 23.2. The van der Waals surface area contributed by atoms with Crippen LogP contribution in [0.15, 0.2) is 24.3 Å². The number of halogens is 5. The fourth-order valence-corrected chi connectivity index (χ4v) is 3.53. The van der Waals surface area contributed by atoms with Crippen LogP contribution in [0.3, 0.4) is 0 Å². The second-order valence-corrected chi connectivity index (χ2v) is 6.93. The Hall–Kier alpha value is -1.02. The van der Waals surface area contributed by atoms with E-state index in [0.29, 0.717) is 6.54 Å². The van der Waals surface area contributed by atoms with Crippen LogP contribution in [0.1, 0.15) is 36.8 Å². The summed E-state index contributed by atoms with van der Waals surface area (Å²) in [6.45, 7) is 3.07. The second kappa shape index (κ2) is 10.5. The summed E-state index contributed by atoms with van der Waals surface area (Å²) in [6.07, 6.45) is -0.342. The van der Waals surface area contributed by atoms with Crippen molar-refractivity contribution in [3.63, 3.8) is 0 Å². The summed E-state index contributed by atoms with van der Waals surface area (Å²) in [4.78, 5) is 14.4. The minimum absolute atomic E-state index is 0. The summed E-state index contributed by atoms with van der Waals surface area (Å²) in [5.74, 6) is 0.0704. The SMILES string of the molecule is Cl.Cl.O=C(NC1CCN(Cc2ccc(C(F)(F)F)cc2)C1)[C@H]1CCCCN1. The van der Waals surface area contributed by atoms with Gasteiger partial charge >= 0.3 is 6.18 Å². The van der Waals surface area contributed by atoms with Crippen molar-refractivity contribution >= 4 is 30.7 Å². The van der Waals surface area contributed by atoms with Crippen molar-refractivity contribution in [2.45, 2.75) is 50.5 Å². The minimum Gasteiger partial charge on any atom is -0.351 e. The third-order valence-electron chi connectivity index (χ3n) is 4.93. The van der Waals surface area contributed by atoms with Crippen molar-refractivity contribution in [2.75, 3.05) is 19.6 Å². The number of nitrogens with zero attached hydrogens (tertiary/aromatic N) is 1. The van der Waals surface area contributed by atoms with Crippen molar-refractivity contribution in [3.05, 3.63) is 35.4 Å². The minimum atomic E-state index is -4.30. The fraction of sp³-hybridized carbons (Fsp3) is 0.611. The Morgan fingerprint density at radius 3 is 2.44 bits per heavy atom. The molecular weight excluding hydrogens is 402 g/mol. The lowest BCUT2D eigenvalue weighted by molar-refractivity contribution is -0.137. The Morgan fingerprint density at radius 2 is 1.85 bits per heavy atom. The molecule has 1 amide bonds. The van der Waals surface area contributed by atoms with Gasteiger partial charge in [0.1, 0.15) is 0 Å². The first-order chi connectivity index (χ1) is 11.9. The maximum absolute atomic E-state index is 12.6. The van der Waals surface area contributed by atoms with Gasteiger partial charge in [-0.15, -0.1) is 24.8 Å². The summed E-state index contributed by atoms with van der Waals surface area (Å²) in [5.41, 5.74) is 0.233. The van der Waals surface area contributed by atoms with Gasteiger partial charge in [-0.25, -0.2) is 0 Å². The summed E-state index contributed by atoms with van der Waals surface area (Å²) in [7, 11) is 0. The van der Waals surface area contributed by atoms with Gasteiger partial charge in [-0.05, 0) is 43.5 Å². The molecule has 0 saturated carbocycles. The molecule has 2 heterocycles. The molecule has 0 spiro atoms. The van der Waals surface area contributed by atoms with Crippen molar-refractivity contribution in [1.29, 1.82) is 0 Å². The zero-order valence-electron chi connectivity index (χ0n) is 14.9. The number of alkyl halides is 3. The van der Waals surface area contributed by atoms with Crippen molar-refractivity contribution < 1.29 is 18.0 Å². The molecule has 4 nitrogen and oxygen atoms in total. The highest BCUT2D eigenvalue weighted by atomic mass is 35.5. The number of amides is 1. The highest BCUT2D eigenvalue weighted by Gasteiger charge is 2.30. The largest absolute Gasteiger partial charge is 0.416 e. The van der Waals surface area contributed by atoms with Crippen LogP contribution < -0.4 is 10.6 Å². The van der Waals surface area contributed by atoms with Gasteiger partial charge in [-0.2, -0.15) is 13.2 Å². The van der Waals surface area contributed by atoms with Crippen molar-refractivity contribution in [1.82, 2.24) is 15.5 Å². The molecule has 3 rings (SSSR count). The number of piperidine rings is 1. The zero-order valence-corrected chi connectivity index (χ0v) is 16.6. The van der Waals surface area contributed by atoms with Crippen LogP contribution in [0.5, 0.6) is 0 Å². The smallest absolute Gasteiger partial charge is 0.351 e. The molecular formula is C18H26Cl2F3N3O. The Morgan fingerprint density at radius 1 is 1.15 bits per heavy atom. The molecule has 2 aliphatic heterocycles. The zero-order chi connectivity index (χ0) is 17.9. The van der Waals surface area contributed by atoms with E-state index in [0.717, 1.165) is 63.0 Å². The van der Waals surface area contributed by atoms with E-state index in [9.17, 15) is 18.0 Å². The maximum Gasteiger partial charge on any atom is 0.416 e. The summed E-state index contributed by atoms with van der Waals surface area (Å²) in [5, 5.41) is 6.35. The number of nitrogens with one attached hydrogen (secondary N) is 2. The number of carbonyl (C=O) groups is 1. The molecule has 0 radical (unpaired) electrons. The van der Waals surface area contributed by atoms with E-state index in [1.165, 1.54) is 12.1 Å². The van der Waals surface area contributed by atoms with E-state index < -0.39 is 11.7 Å². The maximum atomic E-state index is 12.6. The Balaban J connectivity index is 0.00000182. The van der Waals surface area contributed by atoms with Gasteiger partial charge in [0.25, 0.3) is 0 Å². The lowest BCUT2D eigenvalue weighted by atomic mass is 10.0. The third-order valence-corrected chi connectivity index (χ3v) is 4.93. The Labute approximate surface area is 170 Å². The molecule has 2 atom stereocenters. The molecule has 0 aromatic heterocycles. The van der Waals surface area contributed by atoms with E-state index in [1.807, 2.05) is 0 Å². The second-order valence-electron chi connectivity index (χ2n) is 6.93. The molecule has 1 unspecified atom stereocenters. The highest BCUT2D eigenvalue weighted by Crippen LogP contribution is 2.29. The van der Waals surface area contributed by atoms with Gasteiger partial charge in [-0.1, -0.05) is 18.6 Å². The molecule has 154 valence electrons. The average Bonchev–Trinajstić information content (AvgIpc) is 3.02. The molecule has 1 aromatic rings. The van der Waals surface area contributed by atoms with Crippen LogP contribution >= 0.6 is 24.8 Å². The summed E-state index contributed by atoms with van der Waals surface area (Å²) in [6, 6.07) is 5.34. The number of carbonyl (C=O) groups excluding carboxylic acids is 1. The summed E-state index contributed by atoms with van der Waals surface area (Å²) >= 11 is 0. The van der Waals surface area contributed by atoms with Crippen LogP contribution in [0.25, 0.3) is 0 Å². The molecule has 2 fully saturated rings. The van der Waals surface area contributed by atoms with Crippen LogP contribution in [0.2, 0.25) is 0 Å². The van der Waals surface area contributed by atoms with Gasteiger partial charge < -0.3 is 10.6 Å². The Kier molecular flexibility index (Phi) is 9.34. The number of rotatable bonds is 4. The lowest BCUT2D eigenvalue weighted by Crippen LogP contribution is -2.50. The van der Waals surface area contributed by atoms with Gasteiger partial charge in [0.05, 0.1) is 11.6 Å². The van der Waals surface area contributed by atoms with E-state index in [-0.39, 0.29) is 42.8 Å². The number of hydrogen-bond acceptors (Lipinski definition) is 3. The van der Waals surface area contributed by atoms with Crippen molar-refractivity contribution in [3.8, 4) is 0 Å². The van der Waals surface area contributed by atoms with Crippen LogP contribution in [-0.2, 0) is 17.5 Å². The van der Waals surface area contributed by atoms with Crippen LogP contribution in [-0.4, -0.2) is 42.5 Å². The molecule has 27 heavy (non-hydrogen) atoms. The van der Waals surface area contributed by atoms with Gasteiger partial charge in [-0.3, -0.25) is 9.69 Å². The van der Waals surface area contributed by atoms with E-state index in [1.54, 1.807) is 0 Å². The third kappa shape index (κ3) is 6.82.